The lowest BCUT2D eigenvalue weighted by Crippen LogP contribution is -2.68. The van der Waals surface area contributed by atoms with Crippen molar-refractivity contribution in [2.24, 2.45) is 0 Å². The Bertz CT molecular complexity index is 745. The number of ether oxygens (including phenoxy) is 5. The van der Waals surface area contributed by atoms with Gasteiger partial charge >= 0.3 is 0 Å². The molecule has 3 unspecified atom stereocenters. The van der Waals surface area contributed by atoms with E-state index in [0.29, 0.717) is 0 Å². The van der Waals surface area contributed by atoms with Crippen LogP contribution in [0.3, 0.4) is 0 Å². The summed E-state index contributed by atoms with van der Waals surface area (Å²) in [6.45, 7) is -1.23. The number of rotatable bonds is 8. The molecule has 0 radical (unpaired) electrons. The number of amides is 1. The number of aliphatic hydroxyl groups excluding tert-OH is 10. The minimum atomic E-state index is -1.91. The van der Waals surface area contributed by atoms with Gasteiger partial charge in [0.05, 0.1) is 19.8 Å². The smallest absolute Gasteiger partial charge is 0.217 e. The Morgan fingerprint density at radius 3 is 1.70 bits per heavy atom. The summed E-state index contributed by atoms with van der Waals surface area (Å²) < 4.78 is 26.9. The molecule has 0 aliphatic carbocycles. The summed E-state index contributed by atoms with van der Waals surface area (Å²) in [6, 6.07) is -1.40. The molecular formula is C20H35NO16. The van der Waals surface area contributed by atoms with E-state index in [9.17, 15) is 55.9 Å². The van der Waals surface area contributed by atoms with E-state index in [4.69, 9.17) is 23.7 Å². The number of carbonyl (C=O) groups is 1. The van der Waals surface area contributed by atoms with Gasteiger partial charge in [0.25, 0.3) is 0 Å². The Balaban J connectivity index is 1.80. The fourth-order valence-electron chi connectivity index (χ4n) is 4.46. The van der Waals surface area contributed by atoms with Crippen LogP contribution in [0.4, 0.5) is 0 Å². The van der Waals surface area contributed by atoms with E-state index in [1.807, 2.05) is 0 Å². The van der Waals surface area contributed by atoms with Gasteiger partial charge < -0.3 is 80.1 Å². The number of carbonyl (C=O) groups excluding carboxylic acids is 1. The van der Waals surface area contributed by atoms with Crippen LogP contribution in [-0.2, 0) is 28.5 Å². The molecule has 3 heterocycles. The molecule has 216 valence electrons. The van der Waals surface area contributed by atoms with Crippen LogP contribution in [0.15, 0.2) is 0 Å². The molecule has 3 aliphatic rings. The maximum Gasteiger partial charge on any atom is 0.217 e. The van der Waals surface area contributed by atoms with E-state index in [2.05, 4.69) is 5.32 Å². The van der Waals surface area contributed by atoms with Crippen molar-refractivity contribution in [2.75, 3.05) is 19.8 Å². The average Bonchev–Trinajstić information content (AvgIpc) is 2.86. The van der Waals surface area contributed by atoms with Gasteiger partial charge in [-0.2, -0.15) is 0 Å². The summed E-state index contributed by atoms with van der Waals surface area (Å²) in [4.78, 5) is 11.5. The fourth-order valence-corrected chi connectivity index (χ4v) is 4.46. The van der Waals surface area contributed by atoms with Crippen molar-refractivity contribution < 1.29 is 79.5 Å². The van der Waals surface area contributed by atoms with Crippen LogP contribution in [0, 0.1) is 0 Å². The molecule has 17 nitrogen and oxygen atoms in total. The maximum absolute atomic E-state index is 11.5. The third kappa shape index (κ3) is 6.38. The first-order valence-corrected chi connectivity index (χ1v) is 11.6. The molecule has 3 fully saturated rings. The highest BCUT2D eigenvalue weighted by Gasteiger charge is 2.53. The Morgan fingerprint density at radius 2 is 1.16 bits per heavy atom. The zero-order valence-electron chi connectivity index (χ0n) is 19.7. The molecule has 3 saturated heterocycles. The highest BCUT2D eigenvalue weighted by atomic mass is 16.7. The van der Waals surface area contributed by atoms with Crippen molar-refractivity contribution in [1.82, 2.24) is 5.32 Å². The minimum absolute atomic E-state index is 0.627. The van der Waals surface area contributed by atoms with E-state index >= 15 is 0 Å². The van der Waals surface area contributed by atoms with Crippen molar-refractivity contribution in [2.45, 2.75) is 99.0 Å². The molecule has 0 aromatic rings. The van der Waals surface area contributed by atoms with E-state index in [-0.39, 0.29) is 0 Å². The van der Waals surface area contributed by atoms with Crippen LogP contribution in [-0.4, -0.2) is 169 Å². The van der Waals surface area contributed by atoms with Gasteiger partial charge in [-0.25, -0.2) is 0 Å². The topological polar surface area (TPSA) is 278 Å². The van der Waals surface area contributed by atoms with Gasteiger partial charge in [0.2, 0.25) is 5.91 Å². The largest absolute Gasteiger partial charge is 0.394 e. The highest BCUT2D eigenvalue weighted by molar-refractivity contribution is 5.73. The fraction of sp³-hybridized carbons (Fsp3) is 0.950. The van der Waals surface area contributed by atoms with E-state index < -0.39 is 118 Å². The summed E-state index contributed by atoms with van der Waals surface area (Å²) in [5.41, 5.74) is 0. The Labute approximate surface area is 210 Å². The van der Waals surface area contributed by atoms with Crippen molar-refractivity contribution in [3.05, 3.63) is 0 Å². The second-order valence-corrected chi connectivity index (χ2v) is 9.07. The molecule has 15 atom stereocenters. The predicted octanol–water partition coefficient (Wildman–Crippen LogP) is -7.43. The third-order valence-electron chi connectivity index (χ3n) is 6.50. The van der Waals surface area contributed by atoms with Crippen LogP contribution in [0.5, 0.6) is 0 Å². The first-order valence-electron chi connectivity index (χ1n) is 11.6. The van der Waals surface area contributed by atoms with Crippen molar-refractivity contribution in [3.63, 3.8) is 0 Å². The van der Waals surface area contributed by atoms with Crippen LogP contribution in [0.1, 0.15) is 6.92 Å². The highest BCUT2D eigenvalue weighted by Crippen LogP contribution is 2.32. The molecule has 0 aromatic heterocycles. The van der Waals surface area contributed by atoms with Gasteiger partial charge in [-0.3, -0.25) is 4.79 Å². The van der Waals surface area contributed by atoms with Gasteiger partial charge in [-0.05, 0) is 0 Å². The summed E-state index contributed by atoms with van der Waals surface area (Å²) in [7, 11) is 0. The normalized spacial score (nSPS) is 49.0. The minimum Gasteiger partial charge on any atom is -0.394 e. The Kier molecular flexibility index (Phi) is 10.5. The Hall–Kier alpha value is -1.13. The lowest BCUT2D eigenvalue weighted by atomic mass is 9.95. The summed E-state index contributed by atoms with van der Waals surface area (Å²) in [5.74, 6) is -0.627. The van der Waals surface area contributed by atoms with E-state index in [1.54, 1.807) is 0 Å². The van der Waals surface area contributed by atoms with Gasteiger partial charge in [0, 0.05) is 6.92 Å². The number of hydrogen-bond donors (Lipinski definition) is 11. The molecule has 37 heavy (non-hydrogen) atoms. The molecule has 1 amide bonds. The first kappa shape index (κ1) is 30.4. The first-order chi connectivity index (χ1) is 17.4. The lowest BCUT2D eigenvalue weighted by molar-refractivity contribution is -0.375. The predicted molar refractivity (Wildman–Crippen MR) is 113 cm³/mol. The van der Waals surface area contributed by atoms with Crippen LogP contribution in [0.2, 0.25) is 0 Å². The third-order valence-corrected chi connectivity index (χ3v) is 6.50. The summed E-state index contributed by atoms with van der Waals surface area (Å²) in [6.07, 6.45) is -23.4. The quantitative estimate of drug-likeness (QED) is 0.135. The monoisotopic (exact) mass is 545 g/mol. The van der Waals surface area contributed by atoms with Crippen LogP contribution < -0.4 is 5.32 Å². The van der Waals surface area contributed by atoms with Crippen molar-refractivity contribution in [3.8, 4) is 0 Å². The number of aliphatic hydroxyl groups is 10. The van der Waals surface area contributed by atoms with Gasteiger partial charge in [-0.15, -0.1) is 0 Å². The van der Waals surface area contributed by atoms with Gasteiger partial charge in [0.15, 0.2) is 18.9 Å². The average molecular weight is 545 g/mol. The maximum atomic E-state index is 11.5. The number of hydrogen-bond acceptors (Lipinski definition) is 16. The lowest BCUT2D eigenvalue weighted by Gasteiger charge is -2.48. The molecule has 0 bridgehead atoms. The van der Waals surface area contributed by atoms with Crippen molar-refractivity contribution >= 4 is 5.91 Å². The molecule has 0 aromatic carbocycles. The Morgan fingerprint density at radius 1 is 0.649 bits per heavy atom. The summed E-state index contributed by atoms with van der Waals surface area (Å²) in [5, 5.41) is 103. The second-order valence-electron chi connectivity index (χ2n) is 9.07. The van der Waals surface area contributed by atoms with E-state index in [1.165, 1.54) is 0 Å². The molecule has 3 rings (SSSR count). The standard InChI is InChI=1S/C20H35NO16/c1-5(25)21-9-12(28)16(8(4-24)33-18(9)32)36-20-15(31)17(11(27)7(3-23)35-20)37-19-14(30)13(29)10(26)6(2-22)34-19/h6-20,22-24,26-32H,2-4H2,1H3,(H,21,25)/t6-,7-,8-,9-,10+,11+,12-,13+,14-,15-,16-,17+,18?,19?,20?/m1/s1. The number of nitrogens with one attached hydrogen (secondary N) is 1. The van der Waals surface area contributed by atoms with E-state index in [0.717, 1.165) is 6.92 Å². The molecule has 3 aliphatic heterocycles. The van der Waals surface area contributed by atoms with Crippen molar-refractivity contribution in [1.29, 1.82) is 0 Å². The summed E-state index contributed by atoms with van der Waals surface area (Å²) >= 11 is 0. The zero-order valence-corrected chi connectivity index (χ0v) is 19.7. The van der Waals surface area contributed by atoms with Crippen LogP contribution in [0.25, 0.3) is 0 Å². The molecular weight excluding hydrogens is 510 g/mol. The second kappa shape index (κ2) is 12.8. The molecule has 17 heteroatoms. The zero-order chi connectivity index (χ0) is 27.6. The molecule has 11 N–H and O–H groups in total. The van der Waals surface area contributed by atoms with Crippen LogP contribution >= 0.6 is 0 Å². The van der Waals surface area contributed by atoms with Gasteiger partial charge in [-0.1, -0.05) is 0 Å². The molecule has 0 spiro atoms. The SMILES string of the molecule is CC(=O)N[C@H]1C(O)O[C@H](CO)[C@@H](OC2O[C@H](CO)[C@H](O)[C@H](OC3O[C@H](CO)[C@H](O)[C@H](O)[C@H]3O)[C@H]2O)[C@@H]1O. The van der Waals surface area contributed by atoms with Gasteiger partial charge in [0.1, 0.15) is 73.2 Å². The molecule has 0 saturated carbocycles.